The van der Waals surface area contributed by atoms with E-state index in [2.05, 4.69) is 34.6 Å². The van der Waals surface area contributed by atoms with Crippen LogP contribution in [0.25, 0.3) is 0 Å². The fourth-order valence-electron chi connectivity index (χ4n) is 1.82. The number of hydrogen-bond donors (Lipinski definition) is 1. The van der Waals surface area contributed by atoms with Crippen LogP contribution in [0.3, 0.4) is 0 Å². The molecule has 0 aliphatic heterocycles. The van der Waals surface area contributed by atoms with Gasteiger partial charge in [0, 0.05) is 55.6 Å². The van der Waals surface area contributed by atoms with Gasteiger partial charge < -0.3 is 10.2 Å². The highest BCUT2D eigenvalue weighted by Crippen LogP contribution is 2.22. The smallest absolute Gasteiger partial charge is 0.0440 e. The molecule has 17 heavy (non-hydrogen) atoms. The monoisotopic (exact) mass is 251 g/mol. The Labute approximate surface area is 108 Å². The largest absolute Gasteiger partial charge is 0.373 e. The third-order valence-electron chi connectivity index (χ3n) is 3.08. The molecule has 1 fully saturated rings. The molecule has 1 saturated carbocycles. The maximum atomic E-state index is 4.23. The first kappa shape index (κ1) is 12.7. The average Bonchev–Trinajstić information content (AvgIpc) is 3.18. The van der Waals surface area contributed by atoms with E-state index in [4.69, 9.17) is 0 Å². The van der Waals surface area contributed by atoms with E-state index >= 15 is 0 Å². The minimum absolute atomic E-state index is 0.750. The van der Waals surface area contributed by atoms with Crippen molar-refractivity contribution in [3.8, 4) is 0 Å². The molecule has 94 valence electrons. The standard InChI is InChI=1S/C13H21N3S/c1-16(7-8-17-2)13-5-6-14-9-11(13)10-15-12-3-4-12/h5-6,9,12,15H,3-4,7-8,10H2,1-2H3. The van der Waals surface area contributed by atoms with Gasteiger partial charge in [-0.1, -0.05) is 0 Å². The summed E-state index contributed by atoms with van der Waals surface area (Å²) >= 11 is 1.89. The summed E-state index contributed by atoms with van der Waals surface area (Å²) in [5.41, 5.74) is 2.62. The van der Waals surface area contributed by atoms with Crippen LogP contribution < -0.4 is 10.2 Å². The second kappa shape index (κ2) is 6.26. The van der Waals surface area contributed by atoms with Crippen molar-refractivity contribution in [3.05, 3.63) is 24.0 Å². The third-order valence-corrected chi connectivity index (χ3v) is 3.67. The van der Waals surface area contributed by atoms with Crippen molar-refractivity contribution in [2.45, 2.75) is 25.4 Å². The zero-order valence-corrected chi connectivity index (χ0v) is 11.5. The van der Waals surface area contributed by atoms with Crippen molar-refractivity contribution in [1.82, 2.24) is 10.3 Å². The minimum Gasteiger partial charge on any atom is -0.373 e. The maximum absolute atomic E-state index is 4.23. The summed E-state index contributed by atoms with van der Waals surface area (Å²) in [5.74, 6) is 1.16. The first-order valence-electron chi connectivity index (χ1n) is 6.17. The van der Waals surface area contributed by atoms with Crippen molar-refractivity contribution in [3.63, 3.8) is 0 Å². The molecule has 0 radical (unpaired) electrons. The average molecular weight is 251 g/mol. The molecule has 3 nitrogen and oxygen atoms in total. The Morgan fingerprint density at radius 1 is 1.53 bits per heavy atom. The summed E-state index contributed by atoms with van der Waals surface area (Å²) in [6.45, 7) is 2.03. The van der Waals surface area contributed by atoms with E-state index in [-0.39, 0.29) is 0 Å². The van der Waals surface area contributed by atoms with Crippen LogP contribution in [0.2, 0.25) is 0 Å². The molecular formula is C13H21N3S. The van der Waals surface area contributed by atoms with E-state index < -0.39 is 0 Å². The Morgan fingerprint density at radius 3 is 3.06 bits per heavy atom. The molecule has 0 atom stereocenters. The molecule has 1 aliphatic rings. The van der Waals surface area contributed by atoms with Crippen molar-refractivity contribution in [2.24, 2.45) is 0 Å². The predicted molar refractivity (Wildman–Crippen MR) is 75.8 cm³/mol. The van der Waals surface area contributed by atoms with Crippen LogP contribution in [0.1, 0.15) is 18.4 Å². The summed E-state index contributed by atoms with van der Waals surface area (Å²) in [7, 11) is 2.16. The number of anilines is 1. The lowest BCUT2D eigenvalue weighted by Gasteiger charge is -2.22. The molecular weight excluding hydrogens is 230 g/mol. The Balaban J connectivity index is 1.97. The van der Waals surface area contributed by atoms with Crippen LogP contribution in [-0.4, -0.2) is 36.6 Å². The molecule has 0 bridgehead atoms. The molecule has 0 aromatic carbocycles. The number of nitrogens with zero attached hydrogens (tertiary/aromatic N) is 2. The predicted octanol–water partition coefficient (Wildman–Crippen LogP) is 2.13. The second-order valence-corrected chi connectivity index (χ2v) is 5.56. The fraction of sp³-hybridized carbons (Fsp3) is 0.615. The summed E-state index contributed by atoms with van der Waals surface area (Å²) < 4.78 is 0. The SMILES string of the molecule is CSCCN(C)c1ccncc1CNC1CC1. The third kappa shape index (κ3) is 3.89. The minimum atomic E-state index is 0.750. The topological polar surface area (TPSA) is 28.2 Å². The van der Waals surface area contributed by atoms with Gasteiger partial charge in [0.15, 0.2) is 0 Å². The van der Waals surface area contributed by atoms with E-state index in [0.29, 0.717) is 0 Å². The first-order valence-corrected chi connectivity index (χ1v) is 7.57. The second-order valence-electron chi connectivity index (χ2n) is 4.57. The maximum Gasteiger partial charge on any atom is 0.0440 e. The van der Waals surface area contributed by atoms with Crippen LogP contribution in [0.15, 0.2) is 18.5 Å². The van der Waals surface area contributed by atoms with Crippen LogP contribution in [0, 0.1) is 0 Å². The van der Waals surface area contributed by atoms with Gasteiger partial charge in [-0.3, -0.25) is 4.98 Å². The fourth-order valence-corrected chi connectivity index (χ4v) is 2.28. The van der Waals surface area contributed by atoms with Crippen LogP contribution in [0.4, 0.5) is 5.69 Å². The quantitative estimate of drug-likeness (QED) is 0.803. The molecule has 1 aromatic heterocycles. The normalized spacial score (nSPS) is 14.9. The summed E-state index contributed by atoms with van der Waals surface area (Å²) in [5, 5.41) is 3.55. The highest BCUT2D eigenvalue weighted by atomic mass is 32.2. The zero-order valence-electron chi connectivity index (χ0n) is 10.6. The van der Waals surface area contributed by atoms with Gasteiger partial charge in [-0.2, -0.15) is 11.8 Å². The zero-order chi connectivity index (χ0) is 12.1. The summed E-state index contributed by atoms with van der Waals surface area (Å²) in [6.07, 6.45) is 8.68. The van der Waals surface area contributed by atoms with Crippen molar-refractivity contribution < 1.29 is 0 Å². The van der Waals surface area contributed by atoms with Gasteiger partial charge in [-0.25, -0.2) is 0 Å². The van der Waals surface area contributed by atoms with E-state index in [0.717, 1.165) is 24.9 Å². The lowest BCUT2D eigenvalue weighted by Crippen LogP contribution is -2.24. The van der Waals surface area contributed by atoms with Gasteiger partial charge in [-0.15, -0.1) is 0 Å². The lowest BCUT2D eigenvalue weighted by atomic mass is 10.2. The van der Waals surface area contributed by atoms with Gasteiger partial charge in [-0.05, 0) is 25.2 Å². The highest BCUT2D eigenvalue weighted by Gasteiger charge is 2.20. The van der Waals surface area contributed by atoms with Gasteiger partial charge in [0.1, 0.15) is 0 Å². The van der Waals surface area contributed by atoms with E-state index in [1.807, 2.05) is 24.2 Å². The van der Waals surface area contributed by atoms with Gasteiger partial charge in [0.05, 0.1) is 0 Å². The number of aromatic nitrogens is 1. The number of pyridine rings is 1. The molecule has 1 heterocycles. The van der Waals surface area contributed by atoms with Gasteiger partial charge in [0.2, 0.25) is 0 Å². The van der Waals surface area contributed by atoms with Crippen molar-refractivity contribution in [2.75, 3.05) is 30.5 Å². The molecule has 1 aromatic rings. The Morgan fingerprint density at radius 2 is 2.35 bits per heavy atom. The van der Waals surface area contributed by atoms with Crippen LogP contribution >= 0.6 is 11.8 Å². The molecule has 0 saturated heterocycles. The number of thioether (sulfide) groups is 1. The molecule has 0 spiro atoms. The molecule has 1 N–H and O–H groups in total. The lowest BCUT2D eigenvalue weighted by molar-refractivity contribution is 0.684. The Hall–Kier alpha value is -0.740. The van der Waals surface area contributed by atoms with Crippen molar-refractivity contribution in [1.29, 1.82) is 0 Å². The number of nitrogens with one attached hydrogen (secondary N) is 1. The molecule has 2 rings (SSSR count). The van der Waals surface area contributed by atoms with Gasteiger partial charge in [0.25, 0.3) is 0 Å². The van der Waals surface area contributed by atoms with E-state index in [1.165, 1.54) is 24.1 Å². The number of hydrogen-bond acceptors (Lipinski definition) is 4. The Bertz CT molecular complexity index is 352. The molecule has 4 heteroatoms. The molecule has 0 amide bonds. The first-order chi connectivity index (χ1) is 8.31. The van der Waals surface area contributed by atoms with Crippen LogP contribution in [0.5, 0.6) is 0 Å². The summed E-state index contributed by atoms with van der Waals surface area (Å²) in [6, 6.07) is 2.86. The Kier molecular flexibility index (Phi) is 4.68. The van der Waals surface area contributed by atoms with E-state index in [9.17, 15) is 0 Å². The highest BCUT2D eigenvalue weighted by molar-refractivity contribution is 7.98. The molecule has 1 aliphatic carbocycles. The van der Waals surface area contributed by atoms with Crippen LogP contribution in [-0.2, 0) is 6.54 Å². The van der Waals surface area contributed by atoms with Gasteiger partial charge >= 0.3 is 0 Å². The summed E-state index contributed by atoms with van der Waals surface area (Å²) in [4.78, 5) is 6.56. The number of rotatable bonds is 7. The van der Waals surface area contributed by atoms with Crippen molar-refractivity contribution >= 4 is 17.4 Å². The van der Waals surface area contributed by atoms with E-state index in [1.54, 1.807) is 0 Å². The molecule has 0 unspecified atom stereocenters.